The van der Waals surface area contributed by atoms with Crippen LogP contribution in [0.25, 0.3) is 0 Å². The zero-order chi connectivity index (χ0) is 12.7. The summed E-state index contributed by atoms with van der Waals surface area (Å²) in [4.78, 5) is 27.5. The summed E-state index contributed by atoms with van der Waals surface area (Å²) in [6.45, 7) is 6.16. The summed E-state index contributed by atoms with van der Waals surface area (Å²) >= 11 is 0. The highest BCUT2D eigenvalue weighted by Crippen LogP contribution is 2.18. The number of carbonyl (C=O) groups excluding carboxylic acids is 2. The van der Waals surface area contributed by atoms with E-state index in [4.69, 9.17) is 0 Å². The third-order valence-electron chi connectivity index (χ3n) is 4.05. The van der Waals surface area contributed by atoms with Gasteiger partial charge >= 0.3 is 6.03 Å². The van der Waals surface area contributed by atoms with Gasteiger partial charge in [-0.1, -0.05) is 0 Å². The molecule has 1 atom stereocenters. The van der Waals surface area contributed by atoms with E-state index in [9.17, 15) is 9.59 Å². The number of hydrogen-bond donors (Lipinski definition) is 2. The Labute approximate surface area is 106 Å². The van der Waals surface area contributed by atoms with Gasteiger partial charge in [0.05, 0.1) is 6.04 Å². The van der Waals surface area contributed by atoms with Crippen molar-refractivity contribution in [1.82, 2.24) is 20.4 Å². The van der Waals surface area contributed by atoms with Gasteiger partial charge in [0.25, 0.3) is 0 Å². The lowest BCUT2D eigenvalue weighted by Gasteiger charge is -2.37. The predicted octanol–water partition coefficient (Wildman–Crippen LogP) is -0.858. The second kappa shape index (κ2) is 4.28. The molecule has 98 valence electrons. The Bertz CT molecular complexity index is 426. The number of piperazine rings is 1. The fourth-order valence-electron chi connectivity index (χ4n) is 2.69. The maximum Gasteiger partial charge on any atom is 0.317 e. The van der Waals surface area contributed by atoms with Crippen LogP contribution in [0, 0.1) is 0 Å². The smallest absolute Gasteiger partial charge is 0.317 e. The van der Waals surface area contributed by atoms with Crippen LogP contribution in [0.15, 0.2) is 11.1 Å². The first-order valence-electron chi connectivity index (χ1n) is 6.40. The SMILES string of the molecule is CC(C(=O)N1CCN2C(=O)NCC2C1)=C1CNC1. The first-order valence-corrected chi connectivity index (χ1v) is 6.40. The molecule has 6 nitrogen and oxygen atoms in total. The van der Waals surface area contributed by atoms with Crippen molar-refractivity contribution in [2.45, 2.75) is 13.0 Å². The van der Waals surface area contributed by atoms with Crippen LogP contribution in [0.1, 0.15) is 6.92 Å². The molecule has 0 saturated carbocycles. The second-order valence-corrected chi connectivity index (χ2v) is 5.12. The van der Waals surface area contributed by atoms with E-state index in [1.54, 1.807) is 0 Å². The standard InChI is InChI=1S/C12H18N4O2/c1-8(9-4-13-5-9)11(17)15-2-3-16-10(7-15)6-14-12(16)18/h10,13H,2-7H2,1H3,(H,14,18). The van der Waals surface area contributed by atoms with Gasteiger partial charge < -0.3 is 20.4 Å². The molecule has 0 spiro atoms. The molecule has 3 amide bonds. The van der Waals surface area contributed by atoms with Gasteiger partial charge in [-0.25, -0.2) is 4.79 Å². The number of urea groups is 1. The van der Waals surface area contributed by atoms with Crippen LogP contribution in [0.4, 0.5) is 4.79 Å². The van der Waals surface area contributed by atoms with Crippen molar-refractivity contribution in [3.8, 4) is 0 Å². The fourth-order valence-corrected chi connectivity index (χ4v) is 2.69. The summed E-state index contributed by atoms with van der Waals surface area (Å²) in [5, 5.41) is 5.97. The largest absolute Gasteiger partial charge is 0.336 e. The van der Waals surface area contributed by atoms with E-state index in [1.165, 1.54) is 5.57 Å². The number of fused-ring (bicyclic) bond motifs is 1. The Morgan fingerprint density at radius 3 is 2.78 bits per heavy atom. The molecule has 3 aliphatic rings. The molecule has 3 fully saturated rings. The number of amides is 3. The van der Waals surface area contributed by atoms with Crippen molar-refractivity contribution in [2.24, 2.45) is 0 Å². The summed E-state index contributed by atoms with van der Waals surface area (Å²) in [6.07, 6.45) is 0. The minimum atomic E-state index is 0.00497. The highest BCUT2D eigenvalue weighted by Gasteiger charge is 2.37. The molecule has 0 aromatic carbocycles. The van der Waals surface area contributed by atoms with Crippen LogP contribution < -0.4 is 10.6 Å². The van der Waals surface area contributed by atoms with Crippen LogP contribution in [-0.4, -0.2) is 67.0 Å². The van der Waals surface area contributed by atoms with Gasteiger partial charge in [0.2, 0.25) is 5.91 Å². The molecular weight excluding hydrogens is 232 g/mol. The molecule has 0 aromatic rings. The number of carbonyl (C=O) groups is 2. The molecule has 1 unspecified atom stereocenters. The highest BCUT2D eigenvalue weighted by molar-refractivity contribution is 5.94. The minimum absolute atomic E-state index is 0.00497. The van der Waals surface area contributed by atoms with Crippen LogP contribution in [0.3, 0.4) is 0 Å². The lowest BCUT2D eigenvalue weighted by atomic mass is 10.0. The molecule has 0 aromatic heterocycles. The van der Waals surface area contributed by atoms with Crippen LogP contribution in [0.2, 0.25) is 0 Å². The average Bonchev–Trinajstić information content (AvgIpc) is 2.67. The summed E-state index contributed by atoms with van der Waals surface area (Å²) in [5.74, 6) is 0.130. The second-order valence-electron chi connectivity index (χ2n) is 5.12. The predicted molar refractivity (Wildman–Crippen MR) is 66.0 cm³/mol. The van der Waals surface area contributed by atoms with E-state index in [1.807, 2.05) is 16.7 Å². The number of rotatable bonds is 1. The molecule has 0 aliphatic carbocycles. The fraction of sp³-hybridized carbons (Fsp3) is 0.667. The zero-order valence-corrected chi connectivity index (χ0v) is 10.5. The first kappa shape index (κ1) is 11.5. The summed E-state index contributed by atoms with van der Waals surface area (Å²) in [5.41, 5.74) is 2.09. The summed E-state index contributed by atoms with van der Waals surface area (Å²) in [6, 6.07) is 0.151. The Hall–Kier alpha value is -1.56. The molecule has 2 N–H and O–H groups in total. The average molecular weight is 250 g/mol. The molecule has 0 radical (unpaired) electrons. The number of nitrogens with one attached hydrogen (secondary N) is 2. The van der Waals surface area contributed by atoms with Crippen LogP contribution >= 0.6 is 0 Å². The van der Waals surface area contributed by atoms with E-state index < -0.39 is 0 Å². The molecule has 3 aliphatic heterocycles. The van der Waals surface area contributed by atoms with Crippen molar-refractivity contribution in [3.05, 3.63) is 11.1 Å². The van der Waals surface area contributed by atoms with Crippen molar-refractivity contribution in [3.63, 3.8) is 0 Å². The van der Waals surface area contributed by atoms with Gasteiger partial charge in [-0.15, -0.1) is 0 Å². The van der Waals surface area contributed by atoms with Gasteiger partial charge in [-0.2, -0.15) is 0 Å². The normalized spacial score (nSPS) is 26.6. The van der Waals surface area contributed by atoms with Gasteiger partial charge in [-0.3, -0.25) is 4.79 Å². The van der Waals surface area contributed by atoms with Crippen LogP contribution in [-0.2, 0) is 4.79 Å². The van der Waals surface area contributed by atoms with Gasteiger partial charge in [-0.05, 0) is 12.5 Å². The third-order valence-corrected chi connectivity index (χ3v) is 4.05. The van der Waals surface area contributed by atoms with E-state index >= 15 is 0 Å². The third kappa shape index (κ3) is 1.77. The quantitative estimate of drug-likeness (QED) is 0.595. The lowest BCUT2D eigenvalue weighted by molar-refractivity contribution is -0.129. The Morgan fingerprint density at radius 2 is 2.11 bits per heavy atom. The van der Waals surface area contributed by atoms with E-state index in [2.05, 4.69) is 10.6 Å². The van der Waals surface area contributed by atoms with Gasteiger partial charge in [0, 0.05) is 44.8 Å². The maximum absolute atomic E-state index is 12.3. The van der Waals surface area contributed by atoms with Crippen molar-refractivity contribution in [2.75, 3.05) is 39.3 Å². The van der Waals surface area contributed by atoms with Crippen molar-refractivity contribution >= 4 is 11.9 Å². The van der Waals surface area contributed by atoms with Crippen LogP contribution in [0.5, 0.6) is 0 Å². The Balaban J connectivity index is 1.68. The summed E-state index contributed by atoms with van der Waals surface area (Å²) in [7, 11) is 0. The van der Waals surface area contributed by atoms with E-state index in [-0.39, 0.29) is 18.0 Å². The Kier molecular flexibility index (Phi) is 2.74. The topological polar surface area (TPSA) is 64.7 Å². The number of hydrogen-bond acceptors (Lipinski definition) is 3. The zero-order valence-electron chi connectivity index (χ0n) is 10.5. The number of nitrogens with zero attached hydrogens (tertiary/aromatic N) is 2. The molecule has 3 saturated heterocycles. The molecular formula is C12H18N4O2. The Morgan fingerprint density at radius 1 is 1.33 bits per heavy atom. The minimum Gasteiger partial charge on any atom is -0.336 e. The highest BCUT2D eigenvalue weighted by atomic mass is 16.2. The molecule has 3 heterocycles. The van der Waals surface area contributed by atoms with E-state index in [0.29, 0.717) is 26.2 Å². The van der Waals surface area contributed by atoms with Crippen molar-refractivity contribution < 1.29 is 9.59 Å². The summed E-state index contributed by atoms with van der Waals surface area (Å²) < 4.78 is 0. The molecule has 18 heavy (non-hydrogen) atoms. The lowest BCUT2D eigenvalue weighted by Crippen LogP contribution is -2.54. The van der Waals surface area contributed by atoms with E-state index in [0.717, 1.165) is 18.7 Å². The maximum atomic E-state index is 12.3. The monoisotopic (exact) mass is 250 g/mol. The molecule has 0 bridgehead atoms. The molecule has 3 rings (SSSR count). The first-order chi connectivity index (χ1) is 8.66. The van der Waals surface area contributed by atoms with Gasteiger partial charge in [0.1, 0.15) is 0 Å². The molecule has 6 heteroatoms. The van der Waals surface area contributed by atoms with Gasteiger partial charge in [0.15, 0.2) is 0 Å². The van der Waals surface area contributed by atoms with Crippen molar-refractivity contribution in [1.29, 1.82) is 0 Å².